The Hall–Kier alpha value is -3.29. The molecule has 168 valence electrons. The second-order valence-electron chi connectivity index (χ2n) is 8.10. The molecule has 0 saturated carbocycles. The number of hydrogen-bond acceptors (Lipinski definition) is 4. The monoisotopic (exact) mass is 479 g/mol. The van der Waals surface area contributed by atoms with Gasteiger partial charge in [0.2, 0.25) is 5.91 Å². The fourth-order valence-corrected chi connectivity index (χ4v) is 5.19. The first kappa shape index (κ1) is 21.6. The molecule has 0 radical (unpaired) electrons. The number of rotatable bonds is 4. The van der Waals surface area contributed by atoms with Gasteiger partial charge in [-0.25, -0.2) is 0 Å². The molecule has 2 aliphatic rings. The predicted octanol–water partition coefficient (Wildman–Crippen LogP) is 5.15. The number of nitrogens with zero attached hydrogens (tertiary/aromatic N) is 1. The normalized spacial score (nSPS) is 23.1. The zero-order valence-electron chi connectivity index (χ0n) is 18.0. The number of halogens is 1. The molecular formula is C25H22ClN3O3S. The zero-order chi connectivity index (χ0) is 23.2. The number of carbonyl (C=O) groups is 1. The molecule has 2 N–H and O–H groups in total. The van der Waals surface area contributed by atoms with Crippen LogP contribution in [0.5, 0.6) is 11.5 Å². The fraction of sp³-hybridized carbons (Fsp3) is 0.200. The number of anilines is 2. The van der Waals surface area contributed by atoms with Crippen LogP contribution in [0.1, 0.15) is 18.5 Å². The summed E-state index contributed by atoms with van der Waals surface area (Å²) in [7, 11) is 1.60. The molecule has 1 amide bonds. The highest BCUT2D eigenvalue weighted by atomic mass is 35.5. The summed E-state index contributed by atoms with van der Waals surface area (Å²) in [4.78, 5) is 15.6. The number of carbonyl (C=O) groups excluding carboxylic acids is 1. The number of benzene rings is 3. The quantitative estimate of drug-likeness (QED) is 0.505. The molecule has 3 aromatic rings. The van der Waals surface area contributed by atoms with Crippen molar-refractivity contribution in [3.05, 3.63) is 83.4 Å². The van der Waals surface area contributed by atoms with E-state index in [0.29, 0.717) is 33.0 Å². The summed E-state index contributed by atoms with van der Waals surface area (Å²) in [6, 6.07) is 21.9. The molecule has 8 heteroatoms. The van der Waals surface area contributed by atoms with E-state index < -0.39 is 11.6 Å². The highest BCUT2D eigenvalue weighted by Gasteiger charge is 2.59. The predicted molar refractivity (Wildman–Crippen MR) is 133 cm³/mol. The summed E-state index contributed by atoms with van der Waals surface area (Å²) in [6.45, 7) is 1.89. The lowest BCUT2D eigenvalue weighted by molar-refractivity contribution is -0.130. The number of ether oxygens (including phenoxy) is 2. The zero-order valence-corrected chi connectivity index (χ0v) is 19.6. The first-order valence-corrected chi connectivity index (χ1v) is 11.3. The van der Waals surface area contributed by atoms with Gasteiger partial charge >= 0.3 is 0 Å². The standard InChI is InChI=1S/C25H22ClN3O3S/c1-25-21(23(30)27-16-13-11-15(26)12-14-16)22(17-7-3-5-9-19(17)32-25)28-24(33)29(25)18-8-4-6-10-20(18)31-2/h3-14,21-22H,1-2H3,(H,27,30)(H,28,33)/t21-,22+,25-/m0/s1. The molecule has 3 atom stereocenters. The molecule has 1 fully saturated rings. The molecule has 1 saturated heterocycles. The fourth-order valence-electron chi connectivity index (χ4n) is 4.66. The van der Waals surface area contributed by atoms with E-state index in [4.69, 9.17) is 33.3 Å². The number of para-hydroxylation sites is 3. The Morgan fingerprint density at radius 3 is 2.58 bits per heavy atom. The highest BCUT2D eigenvalue weighted by molar-refractivity contribution is 7.80. The Morgan fingerprint density at radius 1 is 1.12 bits per heavy atom. The molecule has 3 aromatic carbocycles. The van der Waals surface area contributed by atoms with Crippen molar-refractivity contribution >= 4 is 46.2 Å². The van der Waals surface area contributed by atoms with Crippen LogP contribution in [0.25, 0.3) is 0 Å². The summed E-state index contributed by atoms with van der Waals surface area (Å²) < 4.78 is 12.2. The van der Waals surface area contributed by atoms with Crippen molar-refractivity contribution in [2.75, 3.05) is 17.3 Å². The van der Waals surface area contributed by atoms with E-state index in [1.165, 1.54) is 0 Å². The van der Waals surface area contributed by atoms with E-state index in [1.807, 2.05) is 60.4 Å². The van der Waals surface area contributed by atoms with E-state index in [-0.39, 0.29) is 11.9 Å². The SMILES string of the molecule is COc1ccccc1N1C(=S)N[C@@H]2c3ccccc3O[C@@]1(C)[C@@H]2C(=O)Nc1ccc(Cl)cc1. The van der Waals surface area contributed by atoms with Gasteiger partial charge in [0.05, 0.1) is 18.8 Å². The maximum absolute atomic E-state index is 13.8. The number of nitrogens with one attached hydrogen (secondary N) is 2. The average molecular weight is 480 g/mol. The molecule has 2 aliphatic heterocycles. The smallest absolute Gasteiger partial charge is 0.236 e. The molecule has 2 bridgehead atoms. The van der Waals surface area contributed by atoms with E-state index >= 15 is 0 Å². The Labute approximate surface area is 202 Å². The van der Waals surface area contributed by atoms with Crippen molar-refractivity contribution in [1.82, 2.24) is 5.32 Å². The topological polar surface area (TPSA) is 62.8 Å². The van der Waals surface area contributed by atoms with Gasteiger partial charge in [-0.2, -0.15) is 0 Å². The third kappa shape index (κ3) is 3.57. The van der Waals surface area contributed by atoms with Gasteiger partial charge in [-0.3, -0.25) is 9.69 Å². The first-order valence-electron chi connectivity index (χ1n) is 10.5. The number of hydrogen-bond donors (Lipinski definition) is 2. The molecule has 2 heterocycles. The van der Waals surface area contributed by atoms with Crippen LogP contribution in [0.3, 0.4) is 0 Å². The van der Waals surface area contributed by atoms with Crippen LogP contribution in [-0.4, -0.2) is 23.9 Å². The van der Waals surface area contributed by atoms with Gasteiger partial charge < -0.3 is 20.1 Å². The third-order valence-corrected chi connectivity index (χ3v) is 6.68. The summed E-state index contributed by atoms with van der Waals surface area (Å²) in [5.41, 5.74) is 1.12. The van der Waals surface area contributed by atoms with Crippen LogP contribution in [0.4, 0.5) is 11.4 Å². The maximum Gasteiger partial charge on any atom is 0.236 e. The lowest BCUT2D eigenvalue weighted by atomic mass is 9.78. The molecule has 0 aliphatic carbocycles. The molecule has 0 spiro atoms. The molecule has 6 nitrogen and oxygen atoms in total. The van der Waals surface area contributed by atoms with Crippen LogP contribution in [-0.2, 0) is 4.79 Å². The second-order valence-corrected chi connectivity index (χ2v) is 8.93. The second kappa shape index (κ2) is 8.24. The Bertz CT molecular complexity index is 1240. The van der Waals surface area contributed by atoms with Crippen molar-refractivity contribution in [2.45, 2.75) is 18.7 Å². The molecule has 5 rings (SSSR count). The van der Waals surface area contributed by atoms with Crippen molar-refractivity contribution in [3.8, 4) is 11.5 Å². The largest absolute Gasteiger partial charge is 0.495 e. The Balaban J connectivity index is 1.63. The van der Waals surface area contributed by atoms with Crippen molar-refractivity contribution in [1.29, 1.82) is 0 Å². The van der Waals surface area contributed by atoms with Gasteiger partial charge in [-0.1, -0.05) is 41.9 Å². The van der Waals surface area contributed by atoms with E-state index in [2.05, 4.69) is 10.6 Å². The molecular weight excluding hydrogens is 458 g/mol. The lowest BCUT2D eigenvalue weighted by Crippen LogP contribution is -2.72. The van der Waals surface area contributed by atoms with Gasteiger partial charge in [-0.15, -0.1) is 0 Å². The Kier molecular flexibility index (Phi) is 5.38. The van der Waals surface area contributed by atoms with Gasteiger partial charge in [0.15, 0.2) is 10.8 Å². The summed E-state index contributed by atoms with van der Waals surface area (Å²) in [6.07, 6.45) is 0. The van der Waals surface area contributed by atoms with Crippen molar-refractivity contribution < 1.29 is 14.3 Å². The van der Waals surface area contributed by atoms with Gasteiger partial charge in [0, 0.05) is 16.3 Å². The average Bonchev–Trinajstić information content (AvgIpc) is 2.80. The molecule has 0 unspecified atom stereocenters. The summed E-state index contributed by atoms with van der Waals surface area (Å²) in [5, 5.41) is 7.47. The number of fused-ring (bicyclic) bond motifs is 4. The van der Waals surface area contributed by atoms with Crippen LogP contribution in [0, 0.1) is 5.92 Å². The number of methoxy groups -OCH3 is 1. The van der Waals surface area contributed by atoms with Crippen molar-refractivity contribution in [2.24, 2.45) is 5.92 Å². The number of thiocarbonyl (C=S) groups is 1. The maximum atomic E-state index is 13.8. The minimum Gasteiger partial charge on any atom is -0.495 e. The van der Waals surface area contributed by atoms with Crippen LogP contribution >= 0.6 is 23.8 Å². The highest BCUT2D eigenvalue weighted by Crippen LogP contribution is 2.50. The molecule has 33 heavy (non-hydrogen) atoms. The Morgan fingerprint density at radius 2 is 1.82 bits per heavy atom. The first-order chi connectivity index (χ1) is 15.9. The van der Waals surface area contributed by atoms with Crippen LogP contribution in [0.2, 0.25) is 5.02 Å². The summed E-state index contributed by atoms with van der Waals surface area (Å²) >= 11 is 11.8. The van der Waals surface area contributed by atoms with Gasteiger partial charge in [-0.05, 0) is 61.6 Å². The summed E-state index contributed by atoms with van der Waals surface area (Å²) in [5.74, 6) is 0.491. The minimum atomic E-state index is -1.12. The minimum absolute atomic E-state index is 0.200. The third-order valence-electron chi connectivity index (χ3n) is 6.13. The van der Waals surface area contributed by atoms with Gasteiger partial charge in [0.25, 0.3) is 0 Å². The lowest BCUT2D eigenvalue weighted by Gasteiger charge is -2.56. The van der Waals surface area contributed by atoms with Gasteiger partial charge in [0.1, 0.15) is 17.4 Å². The number of amides is 1. The van der Waals surface area contributed by atoms with Crippen LogP contribution in [0.15, 0.2) is 72.8 Å². The van der Waals surface area contributed by atoms with Crippen LogP contribution < -0.4 is 25.0 Å². The molecule has 0 aromatic heterocycles. The van der Waals surface area contributed by atoms with E-state index in [1.54, 1.807) is 31.4 Å². The van der Waals surface area contributed by atoms with Crippen molar-refractivity contribution in [3.63, 3.8) is 0 Å². The van der Waals surface area contributed by atoms with E-state index in [9.17, 15) is 4.79 Å². The van der Waals surface area contributed by atoms with E-state index in [0.717, 1.165) is 5.56 Å².